The van der Waals surface area contributed by atoms with E-state index in [1.165, 1.54) is 46.8 Å². The van der Waals surface area contributed by atoms with Crippen molar-refractivity contribution in [3.63, 3.8) is 0 Å². The van der Waals surface area contributed by atoms with Gasteiger partial charge in [0.25, 0.3) is 5.91 Å². The second kappa shape index (κ2) is 8.30. The summed E-state index contributed by atoms with van der Waals surface area (Å²) >= 11 is 6.12. The first-order valence-corrected chi connectivity index (χ1v) is 10.6. The van der Waals surface area contributed by atoms with Crippen LogP contribution in [0.3, 0.4) is 0 Å². The van der Waals surface area contributed by atoms with Gasteiger partial charge in [0.2, 0.25) is 10.0 Å². The number of carboxylic acid groups (broad SMARTS) is 1. The molecule has 1 saturated heterocycles. The van der Waals surface area contributed by atoms with E-state index in [0.29, 0.717) is 18.8 Å². The van der Waals surface area contributed by atoms with Gasteiger partial charge < -0.3 is 10.4 Å². The molecular weight excluding hydrogens is 404 g/mol. The number of aromatic carboxylic acids is 1. The predicted octanol–water partition coefficient (Wildman–Crippen LogP) is 3.47. The lowest BCUT2D eigenvalue weighted by Crippen LogP contribution is -2.35. The molecule has 0 bridgehead atoms. The minimum absolute atomic E-state index is 0.0629. The number of nitrogens with one attached hydrogen (secondary N) is 1. The Morgan fingerprint density at radius 3 is 2.18 bits per heavy atom. The fourth-order valence-corrected chi connectivity index (χ4v) is 5.00. The maximum atomic E-state index is 12.9. The van der Waals surface area contributed by atoms with E-state index in [2.05, 4.69) is 5.32 Å². The summed E-state index contributed by atoms with van der Waals surface area (Å²) in [5.74, 6) is -1.59. The molecule has 0 aliphatic carbocycles. The summed E-state index contributed by atoms with van der Waals surface area (Å²) in [5.41, 5.74) is 0.632. The number of amides is 1. The lowest BCUT2D eigenvalue weighted by atomic mass is 10.2. The Morgan fingerprint density at radius 2 is 1.57 bits per heavy atom. The smallest absolute Gasteiger partial charge is 0.335 e. The van der Waals surface area contributed by atoms with E-state index >= 15 is 0 Å². The molecule has 1 amide bonds. The van der Waals surface area contributed by atoms with E-state index in [0.717, 1.165) is 19.3 Å². The molecule has 0 aromatic heterocycles. The Hall–Kier alpha value is -2.42. The molecule has 0 atom stereocenters. The van der Waals surface area contributed by atoms with Gasteiger partial charge in [-0.25, -0.2) is 13.2 Å². The second-order valence-electron chi connectivity index (χ2n) is 6.45. The summed E-state index contributed by atoms with van der Waals surface area (Å²) in [7, 11) is -3.78. The molecule has 1 fully saturated rings. The SMILES string of the molecule is O=C(O)c1ccc(NC(=O)c2ccc(Cl)c(S(=O)(=O)N3CCCCC3)c2)cc1. The van der Waals surface area contributed by atoms with Gasteiger partial charge in [0.05, 0.1) is 10.6 Å². The maximum absolute atomic E-state index is 12.9. The molecular formula is C19H19ClN2O5S. The van der Waals surface area contributed by atoms with Gasteiger partial charge in [-0.05, 0) is 55.3 Å². The van der Waals surface area contributed by atoms with Crippen LogP contribution in [0.1, 0.15) is 40.0 Å². The van der Waals surface area contributed by atoms with E-state index in [-0.39, 0.29) is 21.0 Å². The monoisotopic (exact) mass is 422 g/mol. The molecule has 7 nitrogen and oxygen atoms in total. The third-order valence-corrected chi connectivity index (χ3v) is 6.90. The van der Waals surface area contributed by atoms with Crippen LogP contribution in [0, 0.1) is 0 Å². The van der Waals surface area contributed by atoms with Crippen molar-refractivity contribution in [1.29, 1.82) is 0 Å². The van der Waals surface area contributed by atoms with E-state index in [1.54, 1.807) is 0 Å². The Balaban J connectivity index is 1.83. The molecule has 2 aromatic rings. The molecule has 2 N–H and O–H groups in total. The summed E-state index contributed by atoms with van der Waals surface area (Å²) in [5, 5.41) is 11.6. The molecule has 28 heavy (non-hydrogen) atoms. The molecule has 1 aliphatic rings. The van der Waals surface area contributed by atoms with E-state index < -0.39 is 21.9 Å². The zero-order chi connectivity index (χ0) is 20.3. The largest absolute Gasteiger partial charge is 0.478 e. The van der Waals surface area contributed by atoms with Crippen molar-refractivity contribution in [3.8, 4) is 0 Å². The number of halogens is 1. The van der Waals surface area contributed by atoms with Gasteiger partial charge in [-0.3, -0.25) is 4.79 Å². The average molecular weight is 423 g/mol. The van der Waals surface area contributed by atoms with Crippen LogP contribution >= 0.6 is 11.6 Å². The Bertz CT molecular complexity index is 999. The number of hydrogen-bond donors (Lipinski definition) is 2. The fraction of sp³-hybridized carbons (Fsp3) is 0.263. The number of carbonyl (C=O) groups excluding carboxylic acids is 1. The number of carboxylic acids is 1. The Labute approximate surface area is 168 Å². The first-order valence-electron chi connectivity index (χ1n) is 8.73. The van der Waals surface area contributed by atoms with Crippen molar-refractivity contribution in [2.24, 2.45) is 0 Å². The van der Waals surface area contributed by atoms with Gasteiger partial charge in [-0.15, -0.1) is 0 Å². The van der Waals surface area contributed by atoms with E-state index in [9.17, 15) is 18.0 Å². The lowest BCUT2D eigenvalue weighted by molar-refractivity contribution is 0.0696. The van der Waals surface area contributed by atoms with Gasteiger partial charge in [-0.1, -0.05) is 18.0 Å². The molecule has 0 unspecified atom stereocenters. The van der Waals surface area contributed by atoms with Crippen molar-refractivity contribution in [1.82, 2.24) is 4.31 Å². The normalized spacial score (nSPS) is 15.2. The number of nitrogens with zero attached hydrogens (tertiary/aromatic N) is 1. The number of sulfonamides is 1. The van der Waals surface area contributed by atoms with Gasteiger partial charge in [-0.2, -0.15) is 4.31 Å². The minimum atomic E-state index is -3.78. The summed E-state index contributed by atoms with van der Waals surface area (Å²) in [6.45, 7) is 0.871. The van der Waals surface area contributed by atoms with Gasteiger partial charge >= 0.3 is 5.97 Å². The second-order valence-corrected chi connectivity index (χ2v) is 8.76. The van der Waals surface area contributed by atoms with Gasteiger partial charge in [0.1, 0.15) is 4.90 Å². The van der Waals surface area contributed by atoms with Crippen LogP contribution in [0.25, 0.3) is 0 Å². The summed E-state index contributed by atoms with van der Waals surface area (Å²) in [6, 6.07) is 9.76. The number of anilines is 1. The zero-order valence-electron chi connectivity index (χ0n) is 14.9. The number of piperidine rings is 1. The van der Waals surface area contributed by atoms with Gasteiger partial charge in [0, 0.05) is 24.3 Å². The fourth-order valence-electron chi connectivity index (χ4n) is 2.99. The number of rotatable bonds is 5. The van der Waals surface area contributed by atoms with Crippen molar-refractivity contribution < 1.29 is 23.1 Å². The summed E-state index contributed by atoms with van der Waals surface area (Å²) in [6.07, 6.45) is 2.58. The van der Waals surface area contributed by atoms with Crippen LogP contribution < -0.4 is 5.32 Å². The number of hydrogen-bond acceptors (Lipinski definition) is 4. The highest BCUT2D eigenvalue weighted by Crippen LogP contribution is 2.28. The summed E-state index contributed by atoms with van der Waals surface area (Å²) in [4.78, 5) is 23.3. The van der Waals surface area contributed by atoms with Crippen LogP contribution in [0.5, 0.6) is 0 Å². The van der Waals surface area contributed by atoms with Crippen LogP contribution in [-0.2, 0) is 10.0 Å². The molecule has 2 aromatic carbocycles. The highest BCUT2D eigenvalue weighted by Gasteiger charge is 2.28. The van der Waals surface area contributed by atoms with Crippen LogP contribution in [0.4, 0.5) is 5.69 Å². The molecule has 3 rings (SSSR count). The third kappa shape index (κ3) is 4.35. The van der Waals surface area contributed by atoms with Crippen molar-refractivity contribution in [3.05, 3.63) is 58.6 Å². The van der Waals surface area contributed by atoms with Crippen LogP contribution in [-0.4, -0.2) is 42.8 Å². The summed E-state index contributed by atoms with van der Waals surface area (Å²) < 4.78 is 27.2. The van der Waals surface area contributed by atoms with Crippen LogP contribution in [0.2, 0.25) is 5.02 Å². The average Bonchev–Trinajstić information content (AvgIpc) is 2.69. The first-order chi connectivity index (χ1) is 13.3. The Morgan fingerprint density at radius 1 is 0.964 bits per heavy atom. The molecule has 0 radical (unpaired) electrons. The molecule has 0 spiro atoms. The van der Waals surface area contributed by atoms with Gasteiger partial charge in [0.15, 0.2) is 0 Å². The van der Waals surface area contributed by atoms with Crippen molar-refractivity contribution in [2.45, 2.75) is 24.2 Å². The molecule has 1 heterocycles. The molecule has 1 aliphatic heterocycles. The van der Waals surface area contributed by atoms with Crippen molar-refractivity contribution in [2.75, 3.05) is 18.4 Å². The zero-order valence-corrected chi connectivity index (χ0v) is 16.5. The molecule has 9 heteroatoms. The maximum Gasteiger partial charge on any atom is 0.335 e. The first kappa shape index (κ1) is 20.3. The molecule has 0 saturated carbocycles. The highest BCUT2D eigenvalue weighted by atomic mass is 35.5. The van der Waals surface area contributed by atoms with Crippen LogP contribution in [0.15, 0.2) is 47.4 Å². The standard InChI is InChI=1S/C19H19ClN2O5S/c20-16-9-6-14(12-17(16)28(26,27)22-10-2-1-3-11-22)18(23)21-15-7-4-13(5-8-15)19(24)25/h4-9,12H,1-3,10-11H2,(H,21,23)(H,24,25). The number of benzene rings is 2. The van der Waals surface area contributed by atoms with Crippen molar-refractivity contribution >= 4 is 39.2 Å². The van der Waals surface area contributed by atoms with E-state index in [1.807, 2.05) is 0 Å². The third-order valence-electron chi connectivity index (χ3n) is 4.52. The van der Waals surface area contributed by atoms with E-state index in [4.69, 9.17) is 16.7 Å². The predicted molar refractivity (Wildman–Crippen MR) is 105 cm³/mol. The molecule has 148 valence electrons. The highest BCUT2D eigenvalue weighted by molar-refractivity contribution is 7.89. The Kier molecular flexibility index (Phi) is 6.02. The topological polar surface area (TPSA) is 104 Å². The minimum Gasteiger partial charge on any atom is -0.478 e. The number of carbonyl (C=O) groups is 2. The quantitative estimate of drug-likeness (QED) is 0.767. The lowest BCUT2D eigenvalue weighted by Gasteiger charge is -2.26.